The van der Waals surface area contributed by atoms with E-state index in [2.05, 4.69) is 25.3 Å². The van der Waals surface area contributed by atoms with Crippen molar-refractivity contribution < 1.29 is 4.74 Å². The summed E-state index contributed by atoms with van der Waals surface area (Å²) in [5.41, 5.74) is 0. The van der Waals surface area contributed by atoms with Crippen molar-refractivity contribution in [3.05, 3.63) is 12.8 Å². The van der Waals surface area contributed by atoms with Crippen molar-refractivity contribution in [3.63, 3.8) is 0 Å². The third-order valence-corrected chi connectivity index (χ3v) is 1.62. The van der Waals surface area contributed by atoms with Gasteiger partial charge in [-0.25, -0.2) is 0 Å². The molecule has 0 aromatic rings. The molecule has 1 unspecified atom stereocenters. The standard InChI is InChI=1S/C8H17NO/c1-5-9(6-2)8(4)10-7-3/h7-8H,3,5-6H2,1-2,4H3. The summed E-state index contributed by atoms with van der Waals surface area (Å²) in [6.45, 7) is 11.8. The third-order valence-electron chi connectivity index (χ3n) is 1.62. The maximum Gasteiger partial charge on any atom is 0.148 e. The fourth-order valence-corrected chi connectivity index (χ4v) is 0.963. The molecule has 0 amide bonds. The highest BCUT2D eigenvalue weighted by Crippen LogP contribution is 1.99. The molecule has 2 heteroatoms. The molecule has 0 rings (SSSR count). The number of ether oxygens (including phenoxy) is 1. The average molecular weight is 143 g/mol. The Balaban J connectivity index is 3.63. The van der Waals surface area contributed by atoms with Crippen molar-refractivity contribution in [2.24, 2.45) is 0 Å². The summed E-state index contributed by atoms with van der Waals surface area (Å²) in [4.78, 5) is 2.21. The van der Waals surface area contributed by atoms with Crippen LogP contribution in [-0.4, -0.2) is 24.2 Å². The molecule has 0 aliphatic rings. The lowest BCUT2D eigenvalue weighted by molar-refractivity contribution is 0.0129. The minimum absolute atomic E-state index is 0.160. The Labute approximate surface area is 63.5 Å². The van der Waals surface area contributed by atoms with Gasteiger partial charge >= 0.3 is 0 Å². The van der Waals surface area contributed by atoms with Crippen LogP contribution in [0.25, 0.3) is 0 Å². The lowest BCUT2D eigenvalue weighted by Gasteiger charge is -2.24. The molecule has 0 aromatic heterocycles. The van der Waals surface area contributed by atoms with Gasteiger partial charge in [-0.3, -0.25) is 4.90 Å². The van der Waals surface area contributed by atoms with E-state index < -0.39 is 0 Å². The van der Waals surface area contributed by atoms with Crippen LogP contribution in [0.3, 0.4) is 0 Å². The van der Waals surface area contributed by atoms with Gasteiger partial charge in [0.2, 0.25) is 0 Å². The molecular weight excluding hydrogens is 126 g/mol. The van der Waals surface area contributed by atoms with Crippen molar-refractivity contribution in [1.82, 2.24) is 4.90 Å². The molecule has 2 nitrogen and oxygen atoms in total. The van der Waals surface area contributed by atoms with E-state index in [-0.39, 0.29) is 6.23 Å². The van der Waals surface area contributed by atoms with Gasteiger partial charge in [0, 0.05) is 0 Å². The van der Waals surface area contributed by atoms with E-state index in [1.54, 1.807) is 0 Å². The molecule has 0 heterocycles. The van der Waals surface area contributed by atoms with Crippen molar-refractivity contribution in [3.8, 4) is 0 Å². The Kier molecular flexibility index (Phi) is 5.03. The first kappa shape index (κ1) is 9.50. The molecule has 0 fully saturated rings. The van der Waals surface area contributed by atoms with Crippen LogP contribution in [0.2, 0.25) is 0 Å². The molecule has 0 aromatic carbocycles. The van der Waals surface area contributed by atoms with Crippen LogP contribution in [0.5, 0.6) is 0 Å². The van der Waals surface area contributed by atoms with E-state index in [1.807, 2.05) is 6.92 Å². The summed E-state index contributed by atoms with van der Waals surface area (Å²) in [6.07, 6.45) is 1.65. The zero-order valence-corrected chi connectivity index (χ0v) is 7.13. The fourth-order valence-electron chi connectivity index (χ4n) is 0.963. The zero-order valence-electron chi connectivity index (χ0n) is 7.13. The van der Waals surface area contributed by atoms with Gasteiger partial charge < -0.3 is 4.74 Å². The molecular formula is C8H17NO. The Morgan fingerprint density at radius 1 is 1.50 bits per heavy atom. The third kappa shape index (κ3) is 2.87. The van der Waals surface area contributed by atoms with Crippen LogP contribution in [0, 0.1) is 0 Å². The van der Waals surface area contributed by atoms with Crippen LogP contribution in [0.4, 0.5) is 0 Å². The smallest absolute Gasteiger partial charge is 0.148 e. The molecule has 0 aliphatic carbocycles. The van der Waals surface area contributed by atoms with Crippen molar-refractivity contribution in [1.29, 1.82) is 0 Å². The van der Waals surface area contributed by atoms with Crippen LogP contribution in [0.15, 0.2) is 12.8 Å². The van der Waals surface area contributed by atoms with Crippen molar-refractivity contribution >= 4 is 0 Å². The Morgan fingerprint density at radius 3 is 2.30 bits per heavy atom. The monoisotopic (exact) mass is 143 g/mol. The summed E-state index contributed by atoms with van der Waals surface area (Å²) >= 11 is 0. The van der Waals surface area contributed by atoms with Crippen molar-refractivity contribution in [2.75, 3.05) is 13.1 Å². The van der Waals surface area contributed by atoms with Gasteiger partial charge in [-0.05, 0) is 20.0 Å². The predicted molar refractivity (Wildman–Crippen MR) is 43.7 cm³/mol. The van der Waals surface area contributed by atoms with E-state index >= 15 is 0 Å². The minimum atomic E-state index is 0.160. The van der Waals surface area contributed by atoms with E-state index in [0.29, 0.717) is 0 Å². The molecule has 0 bridgehead atoms. The lowest BCUT2D eigenvalue weighted by Crippen LogP contribution is -2.33. The zero-order chi connectivity index (χ0) is 7.98. The van der Waals surface area contributed by atoms with E-state index in [1.165, 1.54) is 6.26 Å². The largest absolute Gasteiger partial charge is 0.484 e. The molecule has 0 spiro atoms. The van der Waals surface area contributed by atoms with Gasteiger partial charge in [0.05, 0.1) is 6.26 Å². The second kappa shape index (κ2) is 5.30. The minimum Gasteiger partial charge on any atom is -0.484 e. The Morgan fingerprint density at radius 2 is 2.00 bits per heavy atom. The maximum atomic E-state index is 5.18. The molecule has 0 N–H and O–H groups in total. The number of nitrogens with zero attached hydrogens (tertiary/aromatic N) is 1. The van der Waals surface area contributed by atoms with Crippen LogP contribution < -0.4 is 0 Å². The quantitative estimate of drug-likeness (QED) is 0.430. The van der Waals surface area contributed by atoms with Gasteiger partial charge in [0.1, 0.15) is 6.23 Å². The van der Waals surface area contributed by atoms with Gasteiger partial charge in [0.15, 0.2) is 0 Å². The van der Waals surface area contributed by atoms with Gasteiger partial charge in [-0.2, -0.15) is 0 Å². The highest BCUT2D eigenvalue weighted by molar-refractivity contribution is 4.58. The normalized spacial score (nSPS) is 13.2. The van der Waals surface area contributed by atoms with Crippen LogP contribution in [-0.2, 0) is 4.74 Å². The molecule has 0 aliphatic heterocycles. The topological polar surface area (TPSA) is 12.5 Å². The summed E-state index contributed by atoms with van der Waals surface area (Å²) in [5, 5.41) is 0. The van der Waals surface area contributed by atoms with Gasteiger partial charge in [0.25, 0.3) is 0 Å². The first-order chi connectivity index (χ1) is 4.76. The summed E-state index contributed by atoms with van der Waals surface area (Å²) in [5.74, 6) is 0. The summed E-state index contributed by atoms with van der Waals surface area (Å²) in [7, 11) is 0. The SMILES string of the molecule is C=COC(C)N(CC)CC. The van der Waals surface area contributed by atoms with Crippen LogP contribution >= 0.6 is 0 Å². The lowest BCUT2D eigenvalue weighted by atomic mass is 10.4. The van der Waals surface area contributed by atoms with Crippen LogP contribution in [0.1, 0.15) is 20.8 Å². The van der Waals surface area contributed by atoms with Gasteiger partial charge in [-0.1, -0.05) is 20.4 Å². The molecule has 1 atom stereocenters. The number of rotatable bonds is 5. The first-order valence-electron chi connectivity index (χ1n) is 3.76. The Hall–Kier alpha value is -0.500. The second-order valence-electron chi connectivity index (χ2n) is 2.12. The first-order valence-corrected chi connectivity index (χ1v) is 3.76. The summed E-state index contributed by atoms with van der Waals surface area (Å²) in [6, 6.07) is 0. The fraction of sp³-hybridized carbons (Fsp3) is 0.750. The highest BCUT2D eigenvalue weighted by atomic mass is 16.5. The van der Waals surface area contributed by atoms with Gasteiger partial charge in [-0.15, -0.1) is 0 Å². The van der Waals surface area contributed by atoms with E-state index in [0.717, 1.165) is 13.1 Å². The Bertz CT molecular complexity index is 89.3. The second-order valence-corrected chi connectivity index (χ2v) is 2.12. The summed E-state index contributed by atoms with van der Waals surface area (Å²) < 4.78 is 5.18. The predicted octanol–water partition coefficient (Wildman–Crippen LogP) is 1.83. The van der Waals surface area contributed by atoms with E-state index in [4.69, 9.17) is 4.74 Å². The molecule has 0 saturated heterocycles. The number of hydrogen-bond donors (Lipinski definition) is 0. The van der Waals surface area contributed by atoms with E-state index in [9.17, 15) is 0 Å². The maximum absolute atomic E-state index is 5.18. The molecule has 0 radical (unpaired) electrons. The molecule has 0 saturated carbocycles. The molecule has 60 valence electrons. The molecule has 10 heavy (non-hydrogen) atoms. The average Bonchev–Trinajstić information content (AvgIpc) is 1.91. The highest BCUT2D eigenvalue weighted by Gasteiger charge is 2.07. The number of hydrogen-bond acceptors (Lipinski definition) is 2. The van der Waals surface area contributed by atoms with Crippen molar-refractivity contribution in [2.45, 2.75) is 27.0 Å².